The molecule has 0 bridgehead atoms. The normalized spacial score (nSPS) is 15.1. The molecule has 0 saturated heterocycles. The molecule has 0 saturated carbocycles. The average Bonchev–Trinajstić information content (AvgIpc) is 3.11. The Morgan fingerprint density at radius 3 is 2.42 bits per heavy atom. The molecule has 7 heteroatoms. The number of thiophene rings is 1. The lowest BCUT2D eigenvalue weighted by Crippen LogP contribution is -2.19. The first kappa shape index (κ1) is 21.6. The third-order valence-electron chi connectivity index (χ3n) is 5.42. The third-order valence-corrected chi connectivity index (χ3v) is 7.12. The summed E-state index contributed by atoms with van der Waals surface area (Å²) in [5.74, 6) is 0.863. The maximum Gasteiger partial charge on any atom is 0.258 e. The highest BCUT2D eigenvalue weighted by Gasteiger charge is 2.28. The molecule has 1 unspecified atom stereocenters. The maximum atomic E-state index is 13.3. The van der Waals surface area contributed by atoms with Crippen LogP contribution in [-0.4, -0.2) is 18.9 Å². The van der Waals surface area contributed by atoms with Crippen molar-refractivity contribution >= 4 is 49.8 Å². The van der Waals surface area contributed by atoms with Crippen molar-refractivity contribution in [2.75, 3.05) is 17.7 Å². The number of halogens is 1. The second-order valence-corrected chi connectivity index (χ2v) is 9.72. The number of hydrogen-bond acceptors (Lipinski definition) is 4. The first-order valence-electron chi connectivity index (χ1n) is 10.1. The molecule has 5 nitrogen and oxygen atoms in total. The van der Waals surface area contributed by atoms with Gasteiger partial charge in [-0.3, -0.25) is 9.59 Å². The highest BCUT2D eigenvalue weighted by molar-refractivity contribution is 9.10. The van der Waals surface area contributed by atoms with Crippen LogP contribution in [0.2, 0.25) is 0 Å². The van der Waals surface area contributed by atoms with Crippen LogP contribution >= 0.6 is 27.3 Å². The van der Waals surface area contributed by atoms with E-state index in [0.717, 1.165) is 35.0 Å². The first-order chi connectivity index (χ1) is 14.9. The van der Waals surface area contributed by atoms with E-state index in [1.54, 1.807) is 43.5 Å². The summed E-state index contributed by atoms with van der Waals surface area (Å²) in [6.07, 6.45) is 2.80. The summed E-state index contributed by atoms with van der Waals surface area (Å²) in [6, 6.07) is 14.4. The van der Waals surface area contributed by atoms with Gasteiger partial charge in [0, 0.05) is 20.6 Å². The van der Waals surface area contributed by atoms with Crippen LogP contribution in [-0.2, 0) is 12.8 Å². The highest BCUT2D eigenvalue weighted by atomic mass is 79.9. The molecule has 1 heterocycles. The highest BCUT2D eigenvalue weighted by Crippen LogP contribution is 2.40. The van der Waals surface area contributed by atoms with Gasteiger partial charge >= 0.3 is 0 Å². The molecule has 3 aromatic rings. The Morgan fingerprint density at radius 1 is 1.03 bits per heavy atom. The number of methoxy groups -OCH3 is 1. The zero-order valence-corrected chi connectivity index (χ0v) is 19.7. The van der Waals surface area contributed by atoms with Crippen molar-refractivity contribution in [3.63, 3.8) is 0 Å². The molecule has 160 valence electrons. The van der Waals surface area contributed by atoms with Crippen LogP contribution in [0, 0.1) is 5.92 Å². The molecule has 2 N–H and O–H groups in total. The maximum absolute atomic E-state index is 13.3. The predicted octanol–water partition coefficient (Wildman–Crippen LogP) is 6.15. The summed E-state index contributed by atoms with van der Waals surface area (Å²) in [4.78, 5) is 27.3. The molecule has 0 fully saturated rings. The number of ether oxygens (including phenoxy) is 1. The van der Waals surface area contributed by atoms with Gasteiger partial charge in [-0.25, -0.2) is 0 Å². The van der Waals surface area contributed by atoms with Crippen LogP contribution in [0.1, 0.15) is 44.5 Å². The number of nitrogens with one attached hydrogen (secondary N) is 2. The van der Waals surface area contributed by atoms with Crippen LogP contribution < -0.4 is 15.4 Å². The molecular weight excluding hydrogens is 476 g/mol. The van der Waals surface area contributed by atoms with Gasteiger partial charge in [0.15, 0.2) is 0 Å². The molecule has 2 amide bonds. The van der Waals surface area contributed by atoms with Gasteiger partial charge < -0.3 is 15.4 Å². The van der Waals surface area contributed by atoms with Crippen LogP contribution in [0.5, 0.6) is 5.75 Å². The van der Waals surface area contributed by atoms with E-state index >= 15 is 0 Å². The molecule has 2 aromatic carbocycles. The van der Waals surface area contributed by atoms with Crippen molar-refractivity contribution in [1.29, 1.82) is 0 Å². The average molecular weight is 499 g/mol. The molecule has 0 aliphatic heterocycles. The number of benzene rings is 2. The molecule has 0 spiro atoms. The van der Waals surface area contributed by atoms with Crippen molar-refractivity contribution < 1.29 is 14.3 Å². The predicted molar refractivity (Wildman–Crippen MR) is 129 cm³/mol. The SMILES string of the molecule is COc1ccc(NC(=O)c2c(NC(=O)c3ccc(Br)cc3)sc3c2CCC(C)C3)cc1. The Balaban J connectivity index is 1.63. The largest absolute Gasteiger partial charge is 0.497 e. The van der Waals surface area contributed by atoms with E-state index in [4.69, 9.17) is 4.74 Å². The third kappa shape index (κ3) is 4.83. The molecular formula is C24H23BrN2O3S. The van der Waals surface area contributed by atoms with Gasteiger partial charge in [-0.05, 0) is 79.3 Å². The van der Waals surface area contributed by atoms with E-state index in [1.165, 1.54) is 16.2 Å². The van der Waals surface area contributed by atoms with Gasteiger partial charge in [-0.15, -0.1) is 11.3 Å². The minimum absolute atomic E-state index is 0.205. The van der Waals surface area contributed by atoms with Gasteiger partial charge in [-0.2, -0.15) is 0 Å². The molecule has 1 aliphatic carbocycles. The lowest BCUT2D eigenvalue weighted by atomic mass is 9.88. The van der Waals surface area contributed by atoms with E-state index in [9.17, 15) is 9.59 Å². The van der Waals surface area contributed by atoms with Crippen LogP contribution in [0.3, 0.4) is 0 Å². The number of carbonyl (C=O) groups is 2. The monoisotopic (exact) mass is 498 g/mol. The van der Waals surface area contributed by atoms with E-state index < -0.39 is 0 Å². The van der Waals surface area contributed by atoms with E-state index in [0.29, 0.717) is 27.7 Å². The fourth-order valence-electron chi connectivity index (χ4n) is 3.72. The van der Waals surface area contributed by atoms with Gasteiger partial charge in [-0.1, -0.05) is 22.9 Å². The summed E-state index contributed by atoms with van der Waals surface area (Å²) in [6.45, 7) is 2.22. The molecule has 31 heavy (non-hydrogen) atoms. The number of rotatable bonds is 5. The zero-order chi connectivity index (χ0) is 22.0. The molecule has 1 aromatic heterocycles. The second-order valence-electron chi connectivity index (χ2n) is 7.70. The summed E-state index contributed by atoms with van der Waals surface area (Å²) in [5.41, 5.74) is 2.86. The summed E-state index contributed by atoms with van der Waals surface area (Å²) >= 11 is 4.90. The fourth-order valence-corrected chi connectivity index (χ4v) is 5.39. The Labute approximate surface area is 194 Å². The lowest BCUT2D eigenvalue weighted by molar-refractivity contribution is 0.102. The molecule has 1 atom stereocenters. The van der Waals surface area contributed by atoms with Crippen molar-refractivity contribution in [3.05, 3.63) is 74.6 Å². The van der Waals surface area contributed by atoms with Gasteiger partial charge in [0.25, 0.3) is 11.8 Å². The van der Waals surface area contributed by atoms with Crippen molar-refractivity contribution in [2.45, 2.75) is 26.2 Å². The Hall–Kier alpha value is -2.64. The Kier molecular flexibility index (Phi) is 6.43. The minimum Gasteiger partial charge on any atom is -0.497 e. The Bertz CT molecular complexity index is 1110. The summed E-state index contributed by atoms with van der Waals surface area (Å²) in [7, 11) is 1.60. The number of fused-ring (bicyclic) bond motifs is 1. The van der Waals surface area contributed by atoms with E-state index in [2.05, 4.69) is 33.5 Å². The fraction of sp³-hybridized carbons (Fsp3) is 0.250. The summed E-state index contributed by atoms with van der Waals surface area (Å²) < 4.78 is 6.09. The smallest absolute Gasteiger partial charge is 0.258 e. The molecule has 1 aliphatic rings. The quantitative estimate of drug-likeness (QED) is 0.443. The number of amides is 2. The standard InChI is InChI=1S/C24H23BrN2O3S/c1-14-3-12-19-20(13-14)31-24(27-22(28)15-4-6-16(25)7-5-15)21(19)23(29)26-17-8-10-18(30-2)11-9-17/h4-11,14H,3,12-13H2,1-2H3,(H,26,29)(H,27,28). The zero-order valence-electron chi connectivity index (χ0n) is 17.3. The Morgan fingerprint density at radius 2 is 1.74 bits per heavy atom. The van der Waals surface area contributed by atoms with Crippen molar-refractivity contribution in [3.8, 4) is 5.75 Å². The van der Waals surface area contributed by atoms with Crippen molar-refractivity contribution in [1.82, 2.24) is 0 Å². The molecule has 4 rings (SSSR count). The topological polar surface area (TPSA) is 67.4 Å². The van der Waals surface area contributed by atoms with E-state index in [-0.39, 0.29) is 11.8 Å². The number of anilines is 2. The number of hydrogen-bond donors (Lipinski definition) is 2. The van der Waals surface area contributed by atoms with Gasteiger partial charge in [0.05, 0.1) is 12.7 Å². The summed E-state index contributed by atoms with van der Waals surface area (Å²) in [5, 5.41) is 6.57. The first-order valence-corrected chi connectivity index (χ1v) is 11.7. The van der Waals surface area contributed by atoms with Crippen molar-refractivity contribution in [2.24, 2.45) is 5.92 Å². The van der Waals surface area contributed by atoms with Crippen LogP contribution in [0.25, 0.3) is 0 Å². The van der Waals surface area contributed by atoms with Crippen LogP contribution in [0.4, 0.5) is 10.7 Å². The second kappa shape index (κ2) is 9.24. The number of carbonyl (C=O) groups excluding carboxylic acids is 2. The minimum atomic E-state index is -0.224. The van der Waals surface area contributed by atoms with E-state index in [1.807, 2.05) is 12.1 Å². The molecule has 0 radical (unpaired) electrons. The van der Waals surface area contributed by atoms with Crippen LogP contribution in [0.15, 0.2) is 53.0 Å². The van der Waals surface area contributed by atoms with Gasteiger partial charge in [0.1, 0.15) is 10.8 Å². The lowest BCUT2D eigenvalue weighted by Gasteiger charge is -2.18. The van der Waals surface area contributed by atoms with Gasteiger partial charge in [0.2, 0.25) is 0 Å².